The zero-order chi connectivity index (χ0) is 11.5. The molecule has 0 amide bonds. The van der Waals surface area contributed by atoms with Gasteiger partial charge in [0.05, 0.1) is 11.4 Å². The van der Waals surface area contributed by atoms with Crippen molar-refractivity contribution < 1.29 is 0 Å². The number of nitrogens with two attached hydrogens (primary N) is 1. The van der Waals surface area contributed by atoms with Crippen molar-refractivity contribution in [1.29, 1.82) is 0 Å². The maximum absolute atomic E-state index is 5.75. The quantitative estimate of drug-likeness (QED) is 0.801. The van der Waals surface area contributed by atoms with E-state index in [-0.39, 0.29) is 11.2 Å². The van der Waals surface area contributed by atoms with Gasteiger partial charge in [0.2, 0.25) is 5.28 Å². The summed E-state index contributed by atoms with van der Waals surface area (Å²) in [4.78, 5) is 16.0. The number of nitrogen functional groups attached to an aromatic ring is 1. The van der Waals surface area contributed by atoms with Gasteiger partial charge >= 0.3 is 0 Å². The molecule has 0 fully saturated rings. The van der Waals surface area contributed by atoms with Gasteiger partial charge < -0.3 is 5.73 Å². The highest BCUT2D eigenvalue weighted by molar-refractivity contribution is 6.28. The maximum Gasteiger partial charge on any atom is 0.224 e. The molecule has 82 valence electrons. The van der Waals surface area contributed by atoms with Crippen LogP contribution < -0.4 is 5.73 Å². The van der Waals surface area contributed by atoms with Crippen LogP contribution in [0.3, 0.4) is 0 Å². The normalized spacial score (nSPS) is 12.4. The molecular formula is C10H10ClN5. The van der Waals surface area contributed by atoms with Crippen molar-refractivity contribution in [2.45, 2.75) is 12.8 Å². The molecule has 1 unspecified atom stereocenters. The third kappa shape index (κ3) is 2.25. The lowest BCUT2D eigenvalue weighted by Gasteiger charge is -2.10. The minimum atomic E-state index is 0.00537. The first-order valence-electron chi connectivity index (χ1n) is 4.72. The van der Waals surface area contributed by atoms with Crippen LogP contribution in [0.2, 0.25) is 5.28 Å². The van der Waals surface area contributed by atoms with Crippen molar-refractivity contribution in [1.82, 2.24) is 19.9 Å². The largest absolute Gasteiger partial charge is 0.384 e. The Bertz CT molecular complexity index is 468. The number of aromatic nitrogens is 4. The van der Waals surface area contributed by atoms with Crippen LogP contribution in [0.4, 0.5) is 5.82 Å². The molecule has 2 heterocycles. The highest BCUT2D eigenvalue weighted by atomic mass is 35.5. The number of hydrogen-bond acceptors (Lipinski definition) is 5. The minimum absolute atomic E-state index is 0.00537. The molecule has 0 radical (unpaired) electrons. The summed E-state index contributed by atoms with van der Waals surface area (Å²) in [5, 5.41) is 0.149. The molecule has 0 spiro atoms. The van der Waals surface area contributed by atoms with Gasteiger partial charge in [0, 0.05) is 18.2 Å². The Hall–Kier alpha value is -1.75. The lowest BCUT2D eigenvalue weighted by Crippen LogP contribution is -2.04. The number of rotatable bonds is 2. The molecule has 2 rings (SSSR count). The van der Waals surface area contributed by atoms with E-state index in [9.17, 15) is 0 Å². The van der Waals surface area contributed by atoms with Crippen molar-refractivity contribution in [3.05, 3.63) is 41.3 Å². The zero-order valence-electron chi connectivity index (χ0n) is 8.63. The van der Waals surface area contributed by atoms with Gasteiger partial charge in [-0.25, -0.2) is 19.9 Å². The van der Waals surface area contributed by atoms with Crippen molar-refractivity contribution in [2.75, 3.05) is 5.73 Å². The lowest BCUT2D eigenvalue weighted by atomic mass is 10.0. The second-order valence-electron chi connectivity index (χ2n) is 3.34. The molecular weight excluding hydrogens is 226 g/mol. The average molecular weight is 236 g/mol. The highest BCUT2D eigenvalue weighted by Crippen LogP contribution is 2.22. The standard InChI is InChI=1S/C10H10ClN5/c1-6(7-2-3-13-5-14-7)8-4-9(12)16-10(11)15-8/h2-6H,1H3,(H2,12,15,16). The van der Waals surface area contributed by atoms with Crippen LogP contribution in [0, 0.1) is 0 Å². The smallest absolute Gasteiger partial charge is 0.224 e. The predicted molar refractivity (Wildman–Crippen MR) is 61.0 cm³/mol. The van der Waals surface area contributed by atoms with Crippen LogP contribution in [0.1, 0.15) is 24.2 Å². The minimum Gasteiger partial charge on any atom is -0.384 e. The van der Waals surface area contributed by atoms with E-state index >= 15 is 0 Å². The molecule has 0 aromatic carbocycles. The SMILES string of the molecule is CC(c1ccncn1)c1cc(N)nc(Cl)n1. The molecule has 0 saturated carbocycles. The third-order valence-corrected chi connectivity index (χ3v) is 2.40. The monoisotopic (exact) mass is 235 g/mol. The summed E-state index contributed by atoms with van der Waals surface area (Å²) in [5.41, 5.74) is 7.22. The van der Waals surface area contributed by atoms with E-state index in [1.807, 2.05) is 13.0 Å². The Morgan fingerprint density at radius 3 is 2.75 bits per heavy atom. The molecule has 2 aromatic rings. The third-order valence-electron chi connectivity index (χ3n) is 2.23. The lowest BCUT2D eigenvalue weighted by molar-refractivity contribution is 0.818. The summed E-state index contributed by atoms with van der Waals surface area (Å²) < 4.78 is 0. The fourth-order valence-electron chi connectivity index (χ4n) is 1.38. The first-order chi connectivity index (χ1) is 7.66. The summed E-state index contributed by atoms with van der Waals surface area (Å²) in [5.74, 6) is 0.363. The molecule has 0 bridgehead atoms. The van der Waals surface area contributed by atoms with Crippen molar-refractivity contribution in [3.63, 3.8) is 0 Å². The summed E-state index contributed by atoms with van der Waals surface area (Å²) in [6.07, 6.45) is 3.18. The summed E-state index contributed by atoms with van der Waals surface area (Å²) in [7, 11) is 0. The van der Waals surface area contributed by atoms with Gasteiger partial charge in [-0.2, -0.15) is 0 Å². The van der Waals surface area contributed by atoms with E-state index in [1.54, 1.807) is 12.3 Å². The molecule has 1 atom stereocenters. The van der Waals surface area contributed by atoms with Gasteiger partial charge in [0.25, 0.3) is 0 Å². The molecule has 0 aliphatic carbocycles. The second kappa shape index (κ2) is 4.40. The van der Waals surface area contributed by atoms with E-state index in [0.29, 0.717) is 5.82 Å². The number of anilines is 1. The Balaban J connectivity index is 2.37. The average Bonchev–Trinajstić information content (AvgIpc) is 2.28. The number of nitrogens with zero attached hydrogens (tertiary/aromatic N) is 4. The van der Waals surface area contributed by atoms with Crippen LogP contribution in [-0.4, -0.2) is 19.9 Å². The summed E-state index contributed by atoms with van der Waals surface area (Å²) in [6, 6.07) is 3.52. The van der Waals surface area contributed by atoms with Crippen LogP contribution >= 0.6 is 11.6 Å². The van der Waals surface area contributed by atoms with Gasteiger partial charge in [-0.1, -0.05) is 6.92 Å². The first kappa shape index (κ1) is 10.8. The number of halogens is 1. The van der Waals surface area contributed by atoms with E-state index < -0.39 is 0 Å². The van der Waals surface area contributed by atoms with E-state index in [2.05, 4.69) is 19.9 Å². The second-order valence-corrected chi connectivity index (χ2v) is 3.68. The molecule has 6 heteroatoms. The van der Waals surface area contributed by atoms with Crippen LogP contribution in [0.25, 0.3) is 0 Å². The van der Waals surface area contributed by atoms with Gasteiger partial charge in [-0.3, -0.25) is 0 Å². The Morgan fingerprint density at radius 2 is 2.12 bits per heavy atom. The van der Waals surface area contributed by atoms with Gasteiger partial charge in [0.15, 0.2) is 0 Å². The predicted octanol–water partition coefficient (Wildman–Crippen LogP) is 1.65. The molecule has 0 aliphatic rings. The molecule has 0 saturated heterocycles. The number of hydrogen-bond donors (Lipinski definition) is 1. The Labute approximate surface area is 97.7 Å². The van der Waals surface area contributed by atoms with Gasteiger partial charge in [-0.15, -0.1) is 0 Å². The van der Waals surface area contributed by atoms with Crippen LogP contribution in [0.5, 0.6) is 0 Å². The molecule has 0 aliphatic heterocycles. The van der Waals surface area contributed by atoms with Gasteiger partial charge in [-0.05, 0) is 17.7 Å². The summed E-state index contributed by atoms with van der Waals surface area (Å²) in [6.45, 7) is 1.97. The Kier molecular flexibility index (Phi) is 2.96. The summed E-state index contributed by atoms with van der Waals surface area (Å²) >= 11 is 5.75. The Morgan fingerprint density at radius 1 is 1.31 bits per heavy atom. The fourth-order valence-corrected chi connectivity index (χ4v) is 1.58. The molecule has 2 aromatic heterocycles. The van der Waals surface area contributed by atoms with E-state index in [0.717, 1.165) is 11.4 Å². The van der Waals surface area contributed by atoms with Crippen molar-refractivity contribution in [3.8, 4) is 0 Å². The van der Waals surface area contributed by atoms with Crippen LogP contribution in [-0.2, 0) is 0 Å². The molecule has 2 N–H and O–H groups in total. The zero-order valence-corrected chi connectivity index (χ0v) is 9.39. The fraction of sp³-hybridized carbons (Fsp3) is 0.200. The topological polar surface area (TPSA) is 77.6 Å². The highest BCUT2D eigenvalue weighted by Gasteiger charge is 2.12. The maximum atomic E-state index is 5.75. The van der Waals surface area contributed by atoms with Crippen molar-refractivity contribution >= 4 is 17.4 Å². The van der Waals surface area contributed by atoms with E-state index in [1.165, 1.54) is 6.33 Å². The van der Waals surface area contributed by atoms with Gasteiger partial charge in [0.1, 0.15) is 12.1 Å². The van der Waals surface area contributed by atoms with E-state index in [4.69, 9.17) is 17.3 Å². The molecule has 16 heavy (non-hydrogen) atoms. The van der Waals surface area contributed by atoms with Crippen molar-refractivity contribution in [2.24, 2.45) is 0 Å². The molecule has 5 nitrogen and oxygen atoms in total. The first-order valence-corrected chi connectivity index (χ1v) is 5.10. The van der Waals surface area contributed by atoms with Crippen LogP contribution in [0.15, 0.2) is 24.7 Å².